The van der Waals surface area contributed by atoms with Crippen LogP contribution < -0.4 is 10.5 Å². The van der Waals surface area contributed by atoms with Gasteiger partial charge in [0.25, 0.3) is 0 Å². The second-order valence-electron chi connectivity index (χ2n) is 4.58. The zero-order valence-corrected chi connectivity index (χ0v) is 9.73. The van der Waals surface area contributed by atoms with Crippen LogP contribution in [0.3, 0.4) is 0 Å². The average Bonchev–Trinajstić information content (AvgIpc) is 2.10. The van der Waals surface area contributed by atoms with E-state index < -0.39 is 5.54 Å². The molecule has 0 amide bonds. The van der Waals surface area contributed by atoms with Gasteiger partial charge < -0.3 is 10.5 Å². The predicted octanol–water partition coefficient (Wildman–Crippen LogP) is 2.42. The Morgan fingerprint density at radius 2 is 2.00 bits per heavy atom. The number of aryl methyl sites for hydroxylation is 1. The first-order chi connectivity index (χ1) is 6.83. The molecule has 2 N–H and O–H groups in total. The zero-order valence-electron chi connectivity index (χ0n) is 9.73. The van der Waals surface area contributed by atoms with E-state index in [9.17, 15) is 4.39 Å². The Morgan fingerprint density at radius 3 is 2.47 bits per heavy atom. The lowest BCUT2D eigenvalue weighted by Gasteiger charge is -2.19. The lowest BCUT2D eigenvalue weighted by atomic mass is 9.94. The van der Waals surface area contributed by atoms with E-state index in [1.54, 1.807) is 26.2 Å². The Balaban J connectivity index is 3.11. The molecule has 0 unspecified atom stereocenters. The summed E-state index contributed by atoms with van der Waals surface area (Å²) in [6.45, 7) is 5.48. The van der Waals surface area contributed by atoms with Gasteiger partial charge in [-0.2, -0.15) is 0 Å². The Morgan fingerprint density at radius 1 is 1.40 bits per heavy atom. The van der Waals surface area contributed by atoms with Crippen molar-refractivity contribution < 1.29 is 9.13 Å². The van der Waals surface area contributed by atoms with Gasteiger partial charge in [0.1, 0.15) is 11.6 Å². The van der Waals surface area contributed by atoms with Crippen LogP contribution >= 0.6 is 0 Å². The van der Waals surface area contributed by atoms with Crippen molar-refractivity contribution in [3.63, 3.8) is 0 Å². The van der Waals surface area contributed by atoms with Gasteiger partial charge in [0.2, 0.25) is 0 Å². The van der Waals surface area contributed by atoms with Crippen molar-refractivity contribution in [2.75, 3.05) is 7.11 Å². The number of halogens is 1. The molecule has 0 saturated heterocycles. The summed E-state index contributed by atoms with van der Waals surface area (Å²) >= 11 is 0. The molecule has 0 aromatic heterocycles. The van der Waals surface area contributed by atoms with Crippen molar-refractivity contribution in [2.24, 2.45) is 5.73 Å². The molecular weight excluding hydrogens is 193 g/mol. The van der Waals surface area contributed by atoms with Crippen LogP contribution in [0.1, 0.15) is 25.0 Å². The van der Waals surface area contributed by atoms with Crippen LogP contribution in [0.5, 0.6) is 5.75 Å². The zero-order chi connectivity index (χ0) is 11.6. The number of hydrogen-bond acceptors (Lipinski definition) is 2. The second-order valence-corrected chi connectivity index (χ2v) is 4.58. The minimum Gasteiger partial charge on any atom is -0.497 e. The van der Waals surface area contributed by atoms with Gasteiger partial charge in [-0.15, -0.1) is 0 Å². The maximum absolute atomic E-state index is 13.7. The second kappa shape index (κ2) is 4.19. The topological polar surface area (TPSA) is 35.2 Å². The monoisotopic (exact) mass is 211 g/mol. The van der Waals surface area contributed by atoms with E-state index in [0.29, 0.717) is 23.3 Å². The molecule has 1 rings (SSSR count). The molecule has 1 aromatic rings. The minimum atomic E-state index is -0.417. The summed E-state index contributed by atoms with van der Waals surface area (Å²) in [4.78, 5) is 0. The highest BCUT2D eigenvalue weighted by atomic mass is 19.1. The Bertz CT molecular complexity index is 355. The molecule has 2 nitrogen and oxygen atoms in total. The van der Waals surface area contributed by atoms with Gasteiger partial charge in [-0.05, 0) is 50.5 Å². The van der Waals surface area contributed by atoms with Gasteiger partial charge in [-0.25, -0.2) is 4.39 Å². The summed E-state index contributed by atoms with van der Waals surface area (Å²) in [6.07, 6.45) is 0.497. The van der Waals surface area contributed by atoms with E-state index in [0.717, 1.165) is 0 Å². The SMILES string of the molecule is COc1cc(C)c(F)c(CC(C)(C)N)c1. The molecule has 0 radical (unpaired) electrons. The lowest BCUT2D eigenvalue weighted by Crippen LogP contribution is -2.34. The highest BCUT2D eigenvalue weighted by molar-refractivity contribution is 5.36. The van der Waals surface area contributed by atoms with E-state index in [1.165, 1.54) is 0 Å². The molecule has 0 saturated carbocycles. The predicted molar refractivity (Wildman–Crippen MR) is 59.7 cm³/mol. The Labute approximate surface area is 90.2 Å². The van der Waals surface area contributed by atoms with E-state index in [-0.39, 0.29) is 5.82 Å². The van der Waals surface area contributed by atoms with Crippen LogP contribution in [-0.2, 0) is 6.42 Å². The summed E-state index contributed by atoms with van der Waals surface area (Å²) in [5.74, 6) is 0.488. The molecule has 84 valence electrons. The molecule has 15 heavy (non-hydrogen) atoms. The summed E-state index contributed by atoms with van der Waals surface area (Å²) in [6, 6.07) is 3.39. The van der Waals surface area contributed by atoms with Crippen molar-refractivity contribution in [3.8, 4) is 5.75 Å². The number of methoxy groups -OCH3 is 1. The van der Waals surface area contributed by atoms with Gasteiger partial charge in [0, 0.05) is 5.54 Å². The normalized spacial score (nSPS) is 11.6. The number of ether oxygens (including phenoxy) is 1. The number of nitrogens with two attached hydrogens (primary N) is 1. The van der Waals surface area contributed by atoms with Crippen LogP contribution in [0.25, 0.3) is 0 Å². The molecule has 0 spiro atoms. The lowest BCUT2D eigenvalue weighted by molar-refractivity contribution is 0.410. The largest absolute Gasteiger partial charge is 0.497 e. The van der Waals surface area contributed by atoms with Crippen molar-refractivity contribution in [2.45, 2.75) is 32.7 Å². The van der Waals surface area contributed by atoms with Gasteiger partial charge in [-0.3, -0.25) is 0 Å². The third-order valence-corrected chi connectivity index (χ3v) is 2.19. The summed E-state index contributed by atoms with van der Waals surface area (Å²) < 4.78 is 18.8. The maximum Gasteiger partial charge on any atom is 0.129 e. The molecule has 0 aliphatic carbocycles. The Hall–Kier alpha value is -1.09. The number of hydrogen-bond donors (Lipinski definition) is 1. The van der Waals surface area contributed by atoms with Crippen LogP contribution in [0.2, 0.25) is 0 Å². The molecular formula is C12H18FNO. The first-order valence-electron chi connectivity index (χ1n) is 4.95. The van der Waals surface area contributed by atoms with Crippen LogP contribution in [0.4, 0.5) is 4.39 Å². The van der Waals surface area contributed by atoms with Crippen molar-refractivity contribution >= 4 is 0 Å². The van der Waals surface area contributed by atoms with Crippen molar-refractivity contribution in [1.29, 1.82) is 0 Å². The molecule has 1 aromatic carbocycles. The first kappa shape index (κ1) is 12.0. The fourth-order valence-corrected chi connectivity index (χ4v) is 1.54. The first-order valence-corrected chi connectivity index (χ1v) is 4.95. The molecule has 0 aliphatic rings. The van der Waals surface area contributed by atoms with E-state index in [4.69, 9.17) is 10.5 Å². The van der Waals surface area contributed by atoms with E-state index in [1.807, 2.05) is 13.8 Å². The fraction of sp³-hybridized carbons (Fsp3) is 0.500. The summed E-state index contributed by atoms with van der Waals surface area (Å²) in [7, 11) is 1.57. The van der Waals surface area contributed by atoms with Gasteiger partial charge in [0.15, 0.2) is 0 Å². The fourth-order valence-electron chi connectivity index (χ4n) is 1.54. The third-order valence-electron chi connectivity index (χ3n) is 2.19. The smallest absolute Gasteiger partial charge is 0.129 e. The number of rotatable bonds is 3. The molecule has 0 bridgehead atoms. The summed E-state index contributed by atoms with van der Waals surface area (Å²) in [5.41, 5.74) is 6.66. The quantitative estimate of drug-likeness (QED) is 0.833. The minimum absolute atomic E-state index is 0.186. The highest BCUT2D eigenvalue weighted by Gasteiger charge is 2.16. The van der Waals surface area contributed by atoms with E-state index >= 15 is 0 Å². The number of benzene rings is 1. The third kappa shape index (κ3) is 3.20. The molecule has 0 atom stereocenters. The van der Waals surface area contributed by atoms with Crippen molar-refractivity contribution in [3.05, 3.63) is 29.1 Å². The van der Waals surface area contributed by atoms with Gasteiger partial charge >= 0.3 is 0 Å². The molecule has 0 fully saturated rings. The van der Waals surface area contributed by atoms with Gasteiger partial charge in [0.05, 0.1) is 7.11 Å². The Kier molecular flexibility index (Phi) is 3.35. The van der Waals surface area contributed by atoms with Crippen LogP contribution in [-0.4, -0.2) is 12.6 Å². The molecule has 0 aliphatic heterocycles. The van der Waals surface area contributed by atoms with Crippen LogP contribution in [0, 0.1) is 12.7 Å². The molecule has 3 heteroatoms. The average molecular weight is 211 g/mol. The maximum atomic E-state index is 13.7. The summed E-state index contributed by atoms with van der Waals surface area (Å²) in [5, 5.41) is 0. The van der Waals surface area contributed by atoms with Gasteiger partial charge in [-0.1, -0.05) is 0 Å². The molecule has 0 heterocycles. The standard InChI is InChI=1S/C12H18FNO/c1-8-5-10(15-4)6-9(11(8)13)7-12(2,3)14/h5-6H,7,14H2,1-4H3. The van der Waals surface area contributed by atoms with E-state index in [2.05, 4.69) is 0 Å². The highest BCUT2D eigenvalue weighted by Crippen LogP contribution is 2.23. The van der Waals surface area contributed by atoms with Crippen LogP contribution in [0.15, 0.2) is 12.1 Å². The van der Waals surface area contributed by atoms with Crippen molar-refractivity contribution in [1.82, 2.24) is 0 Å².